The number of nitrogens with zero attached hydrogens (tertiary/aromatic N) is 1. The van der Waals surface area contributed by atoms with Gasteiger partial charge in [0.05, 0.1) is 0 Å². The zero-order valence-corrected chi connectivity index (χ0v) is 9.46. The first kappa shape index (κ1) is 10.7. The van der Waals surface area contributed by atoms with Gasteiger partial charge in [0.15, 0.2) is 0 Å². The summed E-state index contributed by atoms with van der Waals surface area (Å²) in [5.41, 5.74) is 1.03. The Kier molecular flexibility index (Phi) is 3.41. The monoisotopic (exact) mass is 208 g/mol. The molecule has 1 amide bonds. The molecule has 3 nitrogen and oxygen atoms in total. The van der Waals surface area contributed by atoms with Crippen LogP contribution < -0.4 is 5.32 Å². The number of fused-ring (bicyclic) bond motifs is 1. The maximum Gasteiger partial charge on any atom is 0.251 e. The summed E-state index contributed by atoms with van der Waals surface area (Å²) in [6.45, 7) is 4.02. The third kappa shape index (κ3) is 2.23. The summed E-state index contributed by atoms with van der Waals surface area (Å²) in [5, 5.41) is 3.31. The van der Waals surface area contributed by atoms with Crippen LogP contribution in [0.4, 0.5) is 0 Å². The molecule has 1 N–H and O–H groups in total. The predicted octanol–water partition coefficient (Wildman–Crippen LogP) is 1.65. The van der Waals surface area contributed by atoms with Gasteiger partial charge < -0.3 is 4.90 Å². The van der Waals surface area contributed by atoms with E-state index < -0.39 is 0 Å². The molecule has 15 heavy (non-hydrogen) atoms. The van der Waals surface area contributed by atoms with E-state index in [0.717, 1.165) is 31.5 Å². The summed E-state index contributed by atoms with van der Waals surface area (Å²) in [5.74, 6) is 0.265. The van der Waals surface area contributed by atoms with Gasteiger partial charge in [-0.3, -0.25) is 10.1 Å². The maximum atomic E-state index is 11.9. The molecular formula is C12H20N2O. The first-order valence-electron chi connectivity index (χ1n) is 6.08. The molecule has 1 unspecified atom stereocenters. The molecule has 1 saturated heterocycles. The number of amides is 1. The van der Waals surface area contributed by atoms with Gasteiger partial charge in [-0.2, -0.15) is 0 Å². The van der Waals surface area contributed by atoms with E-state index in [-0.39, 0.29) is 12.1 Å². The normalized spacial score (nSPS) is 24.6. The van der Waals surface area contributed by atoms with E-state index in [1.165, 1.54) is 19.3 Å². The van der Waals surface area contributed by atoms with Crippen molar-refractivity contribution >= 4 is 5.91 Å². The molecule has 0 saturated carbocycles. The number of rotatable bonds is 5. The van der Waals surface area contributed by atoms with E-state index in [9.17, 15) is 4.79 Å². The van der Waals surface area contributed by atoms with Crippen molar-refractivity contribution in [3.63, 3.8) is 0 Å². The van der Waals surface area contributed by atoms with Crippen LogP contribution in [0.1, 0.15) is 39.0 Å². The molecule has 2 rings (SSSR count). The Morgan fingerprint density at radius 2 is 2.33 bits per heavy atom. The lowest BCUT2D eigenvalue weighted by Crippen LogP contribution is -2.33. The largest absolute Gasteiger partial charge is 0.318 e. The number of nitrogens with one attached hydrogen (secondary N) is 1. The smallest absolute Gasteiger partial charge is 0.251 e. The zero-order valence-electron chi connectivity index (χ0n) is 9.46. The van der Waals surface area contributed by atoms with E-state index >= 15 is 0 Å². The van der Waals surface area contributed by atoms with Crippen LogP contribution in [0.15, 0.2) is 11.6 Å². The standard InChI is InChI=1S/C12H20N2O/c1-2-3-4-5-6-10-9-11-13-7-8-14(11)12(10)15/h9,11,13H,2-8H2,1H3. The lowest BCUT2D eigenvalue weighted by atomic mass is 10.1. The highest BCUT2D eigenvalue weighted by molar-refractivity contribution is 5.96. The van der Waals surface area contributed by atoms with Crippen molar-refractivity contribution in [1.29, 1.82) is 0 Å². The van der Waals surface area contributed by atoms with Gasteiger partial charge >= 0.3 is 0 Å². The maximum absolute atomic E-state index is 11.9. The minimum Gasteiger partial charge on any atom is -0.318 e. The van der Waals surface area contributed by atoms with Crippen LogP contribution >= 0.6 is 0 Å². The molecular weight excluding hydrogens is 188 g/mol. The van der Waals surface area contributed by atoms with Gasteiger partial charge in [-0.05, 0) is 18.9 Å². The molecule has 3 heteroatoms. The van der Waals surface area contributed by atoms with Gasteiger partial charge in [-0.15, -0.1) is 0 Å². The summed E-state index contributed by atoms with van der Waals surface area (Å²) < 4.78 is 0. The number of unbranched alkanes of at least 4 members (excludes halogenated alkanes) is 3. The van der Waals surface area contributed by atoms with Crippen molar-refractivity contribution < 1.29 is 4.79 Å². The van der Waals surface area contributed by atoms with E-state index in [1.54, 1.807) is 0 Å². The Morgan fingerprint density at radius 1 is 1.47 bits per heavy atom. The minimum atomic E-state index is 0.207. The Morgan fingerprint density at radius 3 is 3.07 bits per heavy atom. The third-order valence-corrected chi connectivity index (χ3v) is 3.24. The zero-order chi connectivity index (χ0) is 10.7. The Hall–Kier alpha value is -0.830. The van der Waals surface area contributed by atoms with Crippen LogP contribution in [-0.2, 0) is 4.79 Å². The summed E-state index contributed by atoms with van der Waals surface area (Å²) in [4.78, 5) is 13.8. The molecule has 0 aliphatic carbocycles. The number of hydrogen-bond donors (Lipinski definition) is 1. The fourth-order valence-electron chi connectivity index (χ4n) is 2.34. The van der Waals surface area contributed by atoms with E-state index in [4.69, 9.17) is 0 Å². The lowest BCUT2D eigenvalue weighted by Gasteiger charge is -2.14. The van der Waals surface area contributed by atoms with Crippen molar-refractivity contribution in [3.8, 4) is 0 Å². The van der Waals surface area contributed by atoms with Crippen molar-refractivity contribution in [1.82, 2.24) is 10.2 Å². The summed E-state index contributed by atoms with van der Waals surface area (Å²) in [6.07, 6.45) is 8.23. The van der Waals surface area contributed by atoms with Crippen LogP contribution in [0.3, 0.4) is 0 Å². The van der Waals surface area contributed by atoms with Crippen molar-refractivity contribution in [2.75, 3.05) is 13.1 Å². The molecule has 2 aliphatic rings. The number of carbonyl (C=O) groups is 1. The van der Waals surface area contributed by atoms with Gasteiger partial charge in [-0.1, -0.05) is 26.2 Å². The molecule has 0 aromatic carbocycles. The predicted molar refractivity (Wildman–Crippen MR) is 60.3 cm³/mol. The minimum absolute atomic E-state index is 0.207. The molecule has 1 atom stereocenters. The lowest BCUT2D eigenvalue weighted by molar-refractivity contribution is -0.126. The Balaban J connectivity index is 1.80. The SMILES string of the molecule is CCCCCCC1=CC2NCCN2C1=O. The molecule has 0 aromatic rings. The van der Waals surface area contributed by atoms with Crippen LogP contribution in [0.25, 0.3) is 0 Å². The average Bonchev–Trinajstić information content (AvgIpc) is 2.78. The van der Waals surface area contributed by atoms with Crippen molar-refractivity contribution in [2.45, 2.75) is 45.2 Å². The summed E-state index contributed by atoms with van der Waals surface area (Å²) >= 11 is 0. The second-order valence-corrected chi connectivity index (χ2v) is 4.40. The van der Waals surface area contributed by atoms with Crippen LogP contribution in [0, 0.1) is 0 Å². The quantitative estimate of drug-likeness (QED) is 0.697. The summed E-state index contributed by atoms with van der Waals surface area (Å²) in [6, 6.07) is 0. The fraction of sp³-hybridized carbons (Fsp3) is 0.750. The number of carbonyl (C=O) groups excluding carboxylic acids is 1. The molecule has 1 fully saturated rings. The highest BCUT2D eigenvalue weighted by Gasteiger charge is 2.34. The third-order valence-electron chi connectivity index (χ3n) is 3.24. The molecule has 0 radical (unpaired) electrons. The number of hydrogen-bond acceptors (Lipinski definition) is 2. The van der Waals surface area contributed by atoms with Gasteiger partial charge in [-0.25, -0.2) is 0 Å². The van der Waals surface area contributed by atoms with Gasteiger partial charge in [0.2, 0.25) is 0 Å². The van der Waals surface area contributed by atoms with E-state index in [0.29, 0.717) is 0 Å². The Bertz CT molecular complexity index is 273. The van der Waals surface area contributed by atoms with Gasteiger partial charge in [0, 0.05) is 18.7 Å². The first-order chi connectivity index (χ1) is 7.33. The van der Waals surface area contributed by atoms with Crippen molar-refractivity contribution in [2.24, 2.45) is 0 Å². The van der Waals surface area contributed by atoms with Crippen molar-refractivity contribution in [3.05, 3.63) is 11.6 Å². The van der Waals surface area contributed by atoms with Crippen LogP contribution in [0.2, 0.25) is 0 Å². The van der Waals surface area contributed by atoms with Gasteiger partial charge in [0.25, 0.3) is 5.91 Å². The molecule has 84 valence electrons. The highest BCUT2D eigenvalue weighted by atomic mass is 16.2. The van der Waals surface area contributed by atoms with E-state index in [2.05, 4.69) is 18.3 Å². The van der Waals surface area contributed by atoms with Crippen LogP contribution in [-0.4, -0.2) is 30.1 Å². The molecule has 2 aliphatic heterocycles. The fourth-order valence-corrected chi connectivity index (χ4v) is 2.34. The second kappa shape index (κ2) is 4.79. The Labute approximate surface area is 91.5 Å². The average molecular weight is 208 g/mol. The van der Waals surface area contributed by atoms with Crippen LogP contribution in [0.5, 0.6) is 0 Å². The molecule has 0 bridgehead atoms. The topological polar surface area (TPSA) is 32.3 Å². The molecule has 0 aromatic heterocycles. The van der Waals surface area contributed by atoms with E-state index in [1.807, 2.05) is 4.90 Å². The van der Waals surface area contributed by atoms with Gasteiger partial charge in [0.1, 0.15) is 6.17 Å². The highest BCUT2D eigenvalue weighted by Crippen LogP contribution is 2.23. The first-order valence-corrected chi connectivity index (χ1v) is 6.08. The second-order valence-electron chi connectivity index (χ2n) is 4.40. The molecule has 2 heterocycles. The summed E-state index contributed by atoms with van der Waals surface area (Å²) in [7, 11) is 0. The molecule has 0 spiro atoms.